The average Bonchev–Trinajstić information content (AvgIpc) is 3.13. The summed E-state index contributed by atoms with van der Waals surface area (Å²) in [4.78, 5) is 12.5. The second-order valence-electron chi connectivity index (χ2n) is 6.95. The summed E-state index contributed by atoms with van der Waals surface area (Å²) in [5.74, 6) is 1.38. The first-order valence-corrected chi connectivity index (χ1v) is 8.52. The highest BCUT2D eigenvalue weighted by Gasteiger charge is 2.24. The first-order chi connectivity index (χ1) is 12.5. The third-order valence-corrected chi connectivity index (χ3v) is 4.59. The third-order valence-electron chi connectivity index (χ3n) is 4.59. The van der Waals surface area contributed by atoms with Gasteiger partial charge >= 0.3 is 0 Å². The molecule has 2 N–H and O–H groups in total. The predicted octanol–water partition coefficient (Wildman–Crippen LogP) is 2.44. The molecule has 26 heavy (non-hydrogen) atoms. The molecule has 1 amide bonds. The van der Waals surface area contributed by atoms with Crippen molar-refractivity contribution in [1.82, 2.24) is 20.7 Å². The zero-order valence-corrected chi connectivity index (χ0v) is 14.7. The molecule has 7 heteroatoms. The Bertz CT molecular complexity index is 964. The van der Waals surface area contributed by atoms with Gasteiger partial charge in [0, 0.05) is 17.5 Å². The van der Waals surface area contributed by atoms with E-state index < -0.39 is 0 Å². The fourth-order valence-electron chi connectivity index (χ4n) is 2.95. The van der Waals surface area contributed by atoms with Crippen LogP contribution in [0.25, 0.3) is 11.0 Å². The van der Waals surface area contributed by atoms with E-state index in [2.05, 4.69) is 34.6 Å². The highest BCUT2D eigenvalue weighted by atomic mass is 16.6. The molecule has 7 nitrogen and oxygen atoms in total. The summed E-state index contributed by atoms with van der Waals surface area (Å²) < 4.78 is 11.2. The van der Waals surface area contributed by atoms with Gasteiger partial charge in [-0.2, -0.15) is 15.4 Å². The van der Waals surface area contributed by atoms with Gasteiger partial charge in [0.05, 0.1) is 0 Å². The summed E-state index contributed by atoms with van der Waals surface area (Å²) in [6.07, 6.45) is 0. The number of amides is 1. The number of hydrogen-bond acceptors (Lipinski definition) is 5. The van der Waals surface area contributed by atoms with E-state index in [4.69, 9.17) is 9.47 Å². The number of fused-ring (bicyclic) bond motifs is 2. The zero-order valence-electron chi connectivity index (χ0n) is 14.7. The Morgan fingerprint density at radius 1 is 1.08 bits per heavy atom. The van der Waals surface area contributed by atoms with Crippen molar-refractivity contribution in [2.75, 3.05) is 19.8 Å². The predicted molar refractivity (Wildman–Crippen MR) is 96.7 cm³/mol. The number of carbonyl (C=O) groups is 1. The monoisotopic (exact) mass is 352 g/mol. The summed E-state index contributed by atoms with van der Waals surface area (Å²) >= 11 is 0. The number of aromatic nitrogens is 3. The lowest BCUT2D eigenvalue weighted by molar-refractivity contribution is 0.0945. The van der Waals surface area contributed by atoms with Crippen molar-refractivity contribution in [2.24, 2.45) is 0 Å². The molecule has 1 aliphatic rings. The largest absolute Gasteiger partial charge is 0.486 e. The number of rotatable bonds is 4. The Morgan fingerprint density at radius 3 is 2.69 bits per heavy atom. The molecular weight excluding hydrogens is 332 g/mol. The lowest BCUT2D eigenvalue weighted by Gasteiger charge is -2.27. The molecule has 2 aromatic carbocycles. The topological polar surface area (TPSA) is 89.1 Å². The summed E-state index contributed by atoms with van der Waals surface area (Å²) in [7, 11) is 0. The van der Waals surface area contributed by atoms with Crippen LogP contribution >= 0.6 is 0 Å². The van der Waals surface area contributed by atoms with Crippen LogP contribution in [0.5, 0.6) is 11.5 Å². The van der Waals surface area contributed by atoms with Crippen molar-refractivity contribution in [2.45, 2.75) is 19.3 Å². The fourth-order valence-corrected chi connectivity index (χ4v) is 2.95. The van der Waals surface area contributed by atoms with Crippen LogP contribution in [-0.4, -0.2) is 41.1 Å². The lowest BCUT2D eigenvalue weighted by atomic mass is 9.84. The van der Waals surface area contributed by atoms with Crippen LogP contribution in [-0.2, 0) is 5.41 Å². The van der Waals surface area contributed by atoms with E-state index in [9.17, 15) is 4.79 Å². The summed E-state index contributed by atoms with van der Waals surface area (Å²) in [5.41, 5.74) is 2.78. The highest BCUT2D eigenvalue weighted by Crippen LogP contribution is 2.34. The van der Waals surface area contributed by atoms with Crippen molar-refractivity contribution >= 4 is 16.9 Å². The van der Waals surface area contributed by atoms with Gasteiger partial charge in [0.15, 0.2) is 11.5 Å². The lowest BCUT2D eigenvalue weighted by Crippen LogP contribution is -2.36. The first kappa shape index (κ1) is 16.4. The van der Waals surface area contributed by atoms with Crippen LogP contribution < -0.4 is 14.8 Å². The number of hydrogen-bond donors (Lipinski definition) is 2. The molecule has 0 aliphatic carbocycles. The van der Waals surface area contributed by atoms with Crippen LogP contribution in [0.3, 0.4) is 0 Å². The molecule has 0 atom stereocenters. The minimum absolute atomic E-state index is 0.138. The van der Waals surface area contributed by atoms with Crippen molar-refractivity contribution in [3.05, 3.63) is 47.5 Å². The number of carbonyl (C=O) groups excluding carboxylic acids is 1. The number of nitrogens with zero attached hydrogens (tertiary/aromatic N) is 2. The minimum atomic E-state index is -0.260. The summed E-state index contributed by atoms with van der Waals surface area (Å²) in [5, 5.41) is 13.6. The van der Waals surface area contributed by atoms with Crippen molar-refractivity contribution in [1.29, 1.82) is 0 Å². The van der Waals surface area contributed by atoms with Gasteiger partial charge in [-0.3, -0.25) is 4.79 Å². The Labute approximate surface area is 150 Å². The number of aromatic amines is 1. The van der Waals surface area contributed by atoms with Gasteiger partial charge in [-0.15, -0.1) is 0 Å². The molecule has 0 spiro atoms. The Balaban J connectivity index is 1.47. The van der Waals surface area contributed by atoms with E-state index in [0.717, 1.165) is 22.6 Å². The average molecular weight is 352 g/mol. The molecule has 0 unspecified atom stereocenters. The number of H-pyrrole nitrogens is 1. The maximum Gasteiger partial charge on any atom is 0.251 e. The van der Waals surface area contributed by atoms with Gasteiger partial charge in [0.2, 0.25) is 0 Å². The maximum absolute atomic E-state index is 12.5. The summed E-state index contributed by atoms with van der Waals surface area (Å²) in [6, 6.07) is 11.2. The van der Waals surface area contributed by atoms with Gasteiger partial charge in [0.25, 0.3) is 5.91 Å². The normalized spacial score (nSPS) is 13.6. The molecule has 0 saturated heterocycles. The van der Waals surface area contributed by atoms with E-state index in [0.29, 0.717) is 30.8 Å². The van der Waals surface area contributed by atoms with Crippen LogP contribution in [0.1, 0.15) is 29.8 Å². The molecule has 0 bridgehead atoms. The molecule has 4 rings (SSSR count). The van der Waals surface area contributed by atoms with E-state index in [1.165, 1.54) is 0 Å². The first-order valence-electron chi connectivity index (χ1n) is 8.52. The molecule has 1 aromatic heterocycles. The van der Waals surface area contributed by atoms with Gasteiger partial charge in [-0.05, 0) is 35.9 Å². The molecular formula is C19H20N4O3. The Hall–Kier alpha value is -3.09. The standard InChI is InChI=1S/C19H20N4O3/c1-19(2,13-4-6-16-17(10-13)26-8-7-25-16)11-20-18(24)12-3-5-14-15(9-12)22-23-21-14/h3-6,9-10H,7-8,11H2,1-2H3,(H,20,24)(H,21,22,23). The maximum atomic E-state index is 12.5. The third kappa shape index (κ3) is 3.08. The Morgan fingerprint density at radius 2 is 1.85 bits per heavy atom. The van der Waals surface area contributed by atoms with Crippen molar-refractivity contribution in [3.8, 4) is 11.5 Å². The number of nitrogens with one attached hydrogen (secondary N) is 2. The number of benzene rings is 2. The van der Waals surface area contributed by atoms with Crippen LogP contribution in [0.4, 0.5) is 0 Å². The minimum Gasteiger partial charge on any atom is -0.486 e. The highest BCUT2D eigenvalue weighted by molar-refractivity contribution is 5.97. The van der Waals surface area contributed by atoms with Gasteiger partial charge in [0.1, 0.15) is 24.2 Å². The van der Waals surface area contributed by atoms with E-state index in [-0.39, 0.29) is 11.3 Å². The molecule has 1 aliphatic heterocycles. The summed E-state index contributed by atoms with van der Waals surface area (Å²) in [6.45, 7) is 5.78. The Kier molecular flexibility index (Phi) is 3.99. The fraction of sp³-hybridized carbons (Fsp3) is 0.316. The molecule has 0 fully saturated rings. The molecule has 0 saturated carbocycles. The van der Waals surface area contributed by atoms with Crippen LogP contribution in [0.15, 0.2) is 36.4 Å². The van der Waals surface area contributed by atoms with Gasteiger partial charge < -0.3 is 14.8 Å². The van der Waals surface area contributed by atoms with E-state index in [1.807, 2.05) is 18.2 Å². The molecule has 3 aromatic rings. The van der Waals surface area contributed by atoms with Crippen LogP contribution in [0, 0.1) is 0 Å². The second kappa shape index (κ2) is 6.33. The van der Waals surface area contributed by atoms with E-state index in [1.54, 1.807) is 18.2 Å². The second-order valence-corrected chi connectivity index (χ2v) is 6.95. The smallest absolute Gasteiger partial charge is 0.251 e. The molecule has 134 valence electrons. The van der Waals surface area contributed by atoms with Crippen molar-refractivity contribution in [3.63, 3.8) is 0 Å². The zero-order chi connectivity index (χ0) is 18.1. The van der Waals surface area contributed by atoms with Crippen LogP contribution in [0.2, 0.25) is 0 Å². The van der Waals surface area contributed by atoms with E-state index >= 15 is 0 Å². The molecule has 2 heterocycles. The van der Waals surface area contributed by atoms with Crippen molar-refractivity contribution < 1.29 is 14.3 Å². The SMILES string of the molecule is CC(C)(CNC(=O)c1ccc2n[nH]nc2c1)c1ccc2c(c1)OCCO2. The molecule has 0 radical (unpaired) electrons. The number of ether oxygens (including phenoxy) is 2. The van der Waals surface area contributed by atoms with Gasteiger partial charge in [-0.25, -0.2) is 0 Å². The quantitative estimate of drug-likeness (QED) is 0.753. The van der Waals surface area contributed by atoms with Gasteiger partial charge in [-0.1, -0.05) is 19.9 Å².